The lowest BCUT2D eigenvalue weighted by atomic mass is 10.0. The van der Waals surface area contributed by atoms with Crippen molar-refractivity contribution in [1.82, 2.24) is 30.9 Å². The van der Waals surface area contributed by atoms with Crippen molar-refractivity contribution in [2.75, 3.05) is 0 Å². The van der Waals surface area contributed by atoms with Gasteiger partial charge in [-0.2, -0.15) is 5.21 Å². The van der Waals surface area contributed by atoms with Gasteiger partial charge in [0, 0.05) is 11.6 Å². The predicted octanol–water partition coefficient (Wildman–Crippen LogP) is 1.81. The Bertz CT molecular complexity index is 746. The number of hydrogen-bond donors (Lipinski definition) is 3. The van der Waals surface area contributed by atoms with Crippen LogP contribution in [0.25, 0.3) is 10.9 Å². The van der Waals surface area contributed by atoms with Crippen LogP contribution in [0.5, 0.6) is 0 Å². The molecule has 1 aromatic carbocycles. The molecule has 7 heteroatoms. The number of fused-ring (bicyclic) bond motifs is 1. The summed E-state index contributed by atoms with van der Waals surface area (Å²) in [7, 11) is 0. The second-order valence-electron chi connectivity index (χ2n) is 5.21. The molecule has 3 N–H and O–H groups in total. The fraction of sp³-hybridized carbons (Fsp3) is 0.286. The van der Waals surface area contributed by atoms with E-state index >= 15 is 0 Å². The van der Waals surface area contributed by atoms with Gasteiger partial charge in [0.15, 0.2) is 5.82 Å². The fourth-order valence-electron chi connectivity index (χ4n) is 2.32. The second-order valence-corrected chi connectivity index (χ2v) is 5.21. The van der Waals surface area contributed by atoms with Crippen LogP contribution >= 0.6 is 0 Å². The molecule has 2 heterocycles. The van der Waals surface area contributed by atoms with Crippen LogP contribution in [0.4, 0.5) is 0 Å². The lowest BCUT2D eigenvalue weighted by molar-refractivity contribution is 0.0924. The topological polar surface area (TPSA) is 99.4 Å². The average molecular weight is 284 g/mol. The van der Waals surface area contributed by atoms with Crippen LogP contribution in [0.1, 0.15) is 36.1 Å². The van der Waals surface area contributed by atoms with E-state index in [1.807, 2.05) is 38.2 Å². The molecule has 21 heavy (non-hydrogen) atoms. The van der Waals surface area contributed by atoms with Crippen molar-refractivity contribution in [3.63, 3.8) is 0 Å². The van der Waals surface area contributed by atoms with Crippen molar-refractivity contribution in [2.24, 2.45) is 5.92 Å². The molecule has 0 spiro atoms. The average Bonchev–Trinajstić information content (AvgIpc) is 3.14. The van der Waals surface area contributed by atoms with Crippen LogP contribution in [0, 0.1) is 5.92 Å². The quantitative estimate of drug-likeness (QED) is 0.680. The molecule has 2 aromatic heterocycles. The Morgan fingerprint density at radius 3 is 2.86 bits per heavy atom. The van der Waals surface area contributed by atoms with Gasteiger partial charge in [0.25, 0.3) is 5.91 Å². The number of aromatic nitrogens is 5. The van der Waals surface area contributed by atoms with Gasteiger partial charge in [-0.1, -0.05) is 31.2 Å². The summed E-state index contributed by atoms with van der Waals surface area (Å²) in [5.74, 6) is 0.470. The molecule has 0 bridgehead atoms. The number of amides is 1. The molecule has 0 aliphatic carbocycles. The van der Waals surface area contributed by atoms with E-state index in [9.17, 15) is 4.79 Å². The van der Waals surface area contributed by atoms with E-state index < -0.39 is 0 Å². The van der Waals surface area contributed by atoms with Gasteiger partial charge in [0.1, 0.15) is 0 Å². The van der Waals surface area contributed by atoms with Crippen molar-refractivity contribution in [3.8, 4) is 0 Å². The Kier molecular flexibility index (Phi) is 3.39. The standard InChI is InChI=1S/C14H16N6O/c1-8(2)11(13-17-19-20-18-13)16-14(21)10-5-3-4-9-6-7-15-12(9)10/h3-8,11,15H,1-2H3,(H,16,21)(H,17,18,19,20). The summed E-state index contributed by atoms with van der Waals surface area (Å²) in [6.45, 7) is 3.99. The zero-order valence-electron chi connectivity index (χ0n) is 11.8. The second kappa shape index (κ2) is 5.35. The summed E-state index contributed by atoms with van der Waals surface area (Å²) in [5, 5.41) is 17.9. The Morgan fingerprint density at radius 2 is 2.14 bits per heavy atom. The van der Waals surface area contributed by atoms with Crippen LogP contribution in [-0.2, 0) is 0 Å². The van der Waals surface area contributed by atoms with Gasteiger partial charge in [0.2, 0.25) is 0 Å². The summed E-state index contributed by atoms with van der Waals surface area (Å²) in [6, 6.07) is 7.26. The van der Waals surface area contributed by atoms with Crippen molar-refractivity contribution in [1.29, 1.82) is 0 Å². The number of benzene rings is 1. The van der Waals surface area contributed by atoms with E-state index in [2.05, 4.69) is 30.9 Å². The Labute approximate surface area is 121 Å². The van der Waals surface area contributed by atoms with E-state index in [0.29, 0.717) is 11.4 Å². The Balaban J connectivity index is 1.90. The minimum atomic E-state index is -0.290. The minimum absolute atomic E-state index is 0.148. The first kappa shape index (κ1) is 13.3. The monoisotopic (exact) mass is 284 g/mol. The number of carbonyl (C=O) groups is 1. The number of nitrogens with one attached hydrogen (secondary N) is 3. The molecule has 3 aromatic rings. The van der Waals surface area contributed by atoms with Crippen molar-refractivity contribution in [2.45, 2.75) is 19.9 Å². The van der Waals surface area contributed by atoms with E-state index in [-0.39, 0.29) is 17.9 Å². The van der Waals surface area contributed by atoms with Gasteiger partial charge in [0.05, 0.1) is 17.1 Å². The first-order valence-electron chi connectivity index (χ1n) is 6.77. The molecular formula is C14H16N6O. The first-order valence-corrected chi connectivity index (χ1v) is 6.77. The molecule has 0 fully saturated rings. The third kappa shape index (κ3) is 2.49. The van der Waals surface area contributed by atoms with Crippen LogP contribution < -0.4 is 5.32 Å². The molecule has 0 saturated carbocycles. The number of carbonyl (C=O) groups excluding carboxylic acids is 1. The lowest BCUT2D eigenvalue weighted by Crippen LogP contribution is -2.32. The molecule has 3 rings (SSSR count). The predicted molar refractivity (Wildman–Crippen MR) is 77.5 cm³/mol. The van der Waals surface area contributed by atoms with Crippen LogP contribution in [0.3, 0.4) is 0 Å². The maximum absolute atomic E-state index is 12.5. The van der Waals surface area contributed by atoms with Gasteiger partial charge >= 0.3 is 0 Å². The van der Waals surface area contributed by atoms with Crippen LogP contribution in [0.15, 0.2) is 30.5 Å². The normalized spacial score (nSPS) is 12.7. The van der Waals surface area contributed by atoms with E-state index in [0.717, 1.165) is 10.9 Å². The van der Waals surface area contributed by atoms with Gasteiger partial charge in [-0.3, -0.25) is 4.79 Å². The van der Waals surface area contributed by atoms with Crippen LogP contribution in [0.2, 0.25) is 0 Å². The molecule has 0 radical (unpaired) electrons. The third-order valence-corrected chi connectivity index (χ3v) is 3.43. The molecule has 1 unspecified atom stereocenters. The molecule has 1 amide bonds. The van der Waals surface area contributed by atoms with E-state index in [1.54, 1.807) is 6.07 Å². The van der Waals surface area contributed by atoms with E-state index in [4.69, 9.17) is 0 Å². The fourth-order valence-corrected chi connectivity index (χ4v) is 2.32. The summed E-state index contributed by atoms with van der Waals surface area (Å²) >= 11 is 0. The number of H-pyrrole nitrogens is 2. The Hall–Kier alpha value is -2.70. The maximum Gasteiger partial charge on any atom is 0.254 e. The first-order chi connectivity index (χ1) is 10.2. The zero-order chi connectivity index (χ0) is 14.8. The van der Waals surface area contributed by atoms with Gasteiger partial charge in [-0.15, -0.1) is 10.2 Å². The molecule has 1 atom stereocenters. The van der Waals surface area contributed by atoms with Crippen molar-refractivity contribution >= 4 is 16.8 Å². The Morgan fingerprint density at radius 1 is 1.29 bits per heavy atom. The highest BCUT2D eigenvalue weighted by Crippen LogP contribution is 2.21. The number of hydrogen-bond acceptors (Lipinski definition) is 4. The highest BCUT2D eigenvalue weighted by Gasteiger charge is 2.23. The summed E-state index contributed by atoms with van der Waals surface area (Å²) in [6.07, 6.45) is 1.82. The van der Waals surface area contributed by atoms with E-state index in [1.165, 1.54) is 0 Å². The van der Waals surface area contributed by atoms with Gasteiger partial charge < -0.3 is 10.3 Å². The molecule has 0 aliphatic heterocycles. The smallest absolute Gasteiger partial charge is 0.254 e. The lowest BCUT2D eigenvalue weighted by Gasteiger charge is -2.19. The number of rotatable bonds is 4. The molecule has 0 saturated heterocycles. The SMILES string of the molecule is CC(C)C(NC(=O)c1cccc2cc[nH]c12)c1nn[nH]n1. The summed E-state index contributed by atoms with van der Waals surface area (Å²) < 4.78 is 0. The maximum atomic E-state index is 12.5. The van der Waals surface area contributed by atoms with Crippen LogP contribution in [-0.4, -0.2) is 31.5 Å². The van der Waals surface area contributed by atoms with Gasteiger partial charge in [-0.05, 0) is 18.1 Å². The molecular weight excluding hydrogens is 268 g/mol. The zero-order valence-corrected chi connectivity index (χ0v) is 11.8. The summed E-state index contributed by atoms with van der Waals surface area (Å²) in [4.78, 5) is 15.6. The number of aromatic amines is 2. The number of tetrazole rings is 1. The molecule has 7 nitrogen and oxygen atoms in total. The molecule has 0 aliphatic rings. The molecule has 108 valence electrons. The minimum Gasteiger partial charge on any atom is -0.361 e. The highest BCUT2D eigenvalue weighted by atomic mass is 16.1. The third-order valence-electron chi connectivity index (χ3n) is 3.43. The largest absolute Gasteiger partial charge is 0.361 e. The van der Waals surface area contributed by atoms with Gasteiger partial charge in [-0.25, -0.2) is 0 Å². The van der Waals surface area contributed by atoms with Crippen molar-refractivity contribution < 1.29 is 4.79 Å². The number of nitrogens with zero attached hydrogens (tertiary/aromatic N) is 3. The summed E-state index contributed by atoms with van der Waals surface area (Å²) in [5.41, 5.74) is 1.43. The van der Waals surface area contributed by atoms with Crippen molar-refractivity contribution in [3.05, 3.63) is 41.9 Å². The highest BCUT2D eigenvalue weighted by molar-refractivity contribution is 6.05. The number of para-hydroxylation sites is 1.